The zero-order valence-corrected chi connectivity index (χ0v) is 9.99. The lowest BCUT2D eigenvalue weighted by atomic mass is 10.2. The van der Waals surface area contributed by atoms with Crippen molar-refractivity contribution in [1.82, 2.24) is 5.32 Å². The summed E-state index contributed by atoms with van der Waals surface area (Å²) < 4.78 is 9.74. The summed E-state index contributed by atoms with van der Waals surface area (Å²) in [5.41, 5.74) is 5.40. The van der Waals surface area contributed by atoms with Crippen LogP contribution in [0.2, 0.25) is 0 Å². The minimum atomic E-state index is -1.27. The van der Waals surface area contributed by atoms with Crippen molar-refractivity contribution in [1.29, 1.82) is 0 Å². The normalized spacial score (nSPS) is 14.0. The molecule has 0 aromatic rings. The van der Waals surface area contributed by atoms with E-state index in [-0.39, 0.29) is 12.6 Å². The van der Waals surface area contributed by atoms with Crippen LogP contribution >= 0.6 is 0 Å². The van der Waals surface area contributed by atoms with Crippen LogP contribution in [0.5, 0.6) is 0 Å². The van der Waals surface area contributed by atoms with E-state index < -0.39 is 17.9 Å². The number of hydrogen-bond acceptors (Lipinski definition) is 5. The first-order chi connectivity index (χ1) is 7.52. The lowest BCUT2D eigenvalue weighted by Crippen LogP contribution is -2.50. The molecule has 0 aliphatic carbocycles. The van der Waals surface area contributed by atoms with Gasteiger partial charge in [-0.25, -0.2) is 4.79 Å². The van der Waals surface area contributed by atoms with Gasteiger partial charge in [0.2, 0.25) is 5.91 Å². The summed E-state index contributed by atoms with van der Waals surface area (Å²) in [6.07, 6.45) is 0. The number of hydrogen-bond donors (Lipinski definition) is 2. The minimum Gasteiger partial charge on any atom is -0.464 e. The van der Waals surface area contributed by atoms with Gasteiger partial charge in [0.15, 0.2) is 6.04 Å². The van der Waals surface area contributed by atoms with Crippen LogP contribution in [0.1, 0.15) is 20.8 Å². The molecule has 6 nitrogen and oxygen atoms in total. The maximum atomic E-state index is 11.4. The molecular formula is C10H20N2O4. The zero-order valence-electron chi connectivity index (χ0n) is 9.99. The fourth-order valence-corrected chi connectivity index (χ4v) is 1.01. The summed E-state index contributed by atoms with van der Waals surface area (Å²) in [7, 11) is 0. The fraction of sp³-hybridized carbons (Fsp3) is 0.800. The Labute approximate surface area is 95.5 Å². The second-order valence-electron chi connectivity index (χ2n) is 3.30. The van der Waals surface area contributed by atoms with E-state index in [2.05, 4.69) is 10.1 Å². The second kappa shape index (κ2) is 8.06. The number of nitrogens with one attached hydrogen (secondary N) is 1. The number of ether oxygens (including phenoxy) is 2. The molecule has 1 amide bonds. The number of carbonyl (C=O) groups is 2. The van der Waals surface area contributed by atoms with E-state index in [4.69, 9.17) is 10.5 Å². The molecule has 0 aromatic carbocycles. The quantitative estimate of drug-likeness (QED) is 0.452. The molecular weight excluding hydrogens is 212 g/mol. The SMILES string of the molecule is CCOCC(C)NC(=O)C(N)C(=O)OCC. The van der Waals surface area contributed by atoms with E-state index in [1.807, 2.05) is 6.92 Å². The van der Waals surface area contributed by atoms with Crippen molar-refractivity contribution in [2.45, 2.75) is 32.9 Å². The first-order valence-corrected chi connectivity index (χ1v) is 5.33. The number of nitrogens with two attached hydrogens (primary N) is 1. The van der Waals surface area contributed by atoms with Crippen molar-refractivity contribution < 1.29 is 19.1 Å². The van der Waals surface area contributed by atoms with Gasteiger partial charge in [0.25, 0.3) is 0 Å². The van der Waals surface area contributed by atoms with Crippen molar-refractivity contribution in [2.24, 2.45) is 5.73 Å². The largest absolute Gasteiger partial charge is 0.464 e. The molecule has 6 heteroatoms. The third-order valence-electron chi connectivity index (χ3n) is 1.78. The third-order valence-corrected chi connectivity index (χ3v) is 1.78. The predicted octanol–water partition coefficient (Wildman–Crippen LogP) is -0.582. The number of esters is 1. The molecule has 0 fully saturated rings. The molecule has 16 heavy (non-hydrogen) atoms. The Balaban J connectivity index is 3.99. The number of carbonyl (C=O) groups excluding carboxylic acids is 2. The Hall–Kier alpha value is -1.14. The van der Waals surface area contributed by atoms with Gasteiger partial charge in [-0.2, -0.15) is 0 Å². The van der Waals surface area contributed by atoms with Gasteiger partial charge in [0, 0.05) is 12.6 Å². The Bertz CT molecular complexity index is 233. The van der Waals surface area contributed by atoms with Crippen LogP contribution in [0.4, 0.5) is 0 Å². The van der Waals surface area contributed by atoms with E-state index in [0.717, 1.165) is 0 Å². The Morgan fingerprint density at radius 3 is 2.44 bits per heavy atom. The average molecular weight is 232 g/mol. The average Bonchev–Trinajstić information content (AvgIpc) is 2.25. The van der Waals surface area contributed by atoms with Crippen LogP contribution in [0.25, 0.3) is 0 Å². The Kier molecular flexibility index (Phi) is 7.49. The zero-order chi connectivity index (χ0) is 12.6. The highest BCUT2D eigenvalue weighted by Gasteiger charge is 2.24. The molecule has 0 aliphatic rings. The first-order valence-electron chi connectivity index (χ1n) is 5.33. The summed E-state index contributed by atoms with van der Waals surface area (Å²) in [5.74, 6) is -1.27. The second-order valence-corrected chi connectivity index (χ2v) is 3.30. The van der Waals surface area contributed by atoms with Crippen LogP contribution < -0.4 is 11.1 Å². The molecule has 0 radical (unpaired) electrons. The highest BCUT2D eigenvalue weighted by Crippen LogP contribution is 1.90. The lowest BCUT2D eigenvalue weighted by Gasteiger charge is -2.16. The molecule has 2 atom stereocenters. The van der Waals surface area contributed by atoms with Gasteiger partial charge < -0.3 is 20.5 Å². The summed E-state index contributed by atoms with van der Waals surface area (Å²) in [4.78, 5) is 22.6. The molecule has 0 heterocycles. The monoisotopic (exact) mass is 232 g/mol. The molecule has 0 saturated heterocycles. The fourth-order valence-electron chi connectivity index (χ4n) is 1.01. The predicted molar refractivity (Wildman–Crippen MR) is 58.7 cm³/mol. The van der Waals surface area contributed by atoms with Gasteiger partial charge in [-0.3, -0.25) is 4.79 Å². The van der Waals surface area contributed by atoms with Crippen LogP contribution in [-0.2, 0) is 19.1 Å². The van der Waals surface area contributed by atoms with Crippen LogP contribution in [0.3, 0.4) is 0 Å². The van der Waals surface area contributed by atoms with E-state index >= 15 is 0 Å². The topological polar surface area (TPSA) is 90.6 Å². The lowest BCUT2D eigenvalue weighted by molar-refractivity contribution is -0.148. The van der Waals surface area contributed by atoms with Crippen molar-refractivity contribution in [3.8, 4) is 0 Å². The van der Waals surface area contributed by atoms with Crippen molar-refractivity contribution >= 4 is 11.9 Å². The van der Waals surface area contributed by atoms with Crippen LogP contribution in [-0.4, -0.2) is 43.8 Å². The summed E-state index contributed by atoms with van der Waals surface area (Å²) >= 11 is 0. The van der Waals surface area contributed by atoms with E-state index in [1.54, 1.807) is 13.8 Å². The van der Waals surface area contributed by atoms with Crippen LogP contribution in [0, 0.1) is 0 Å². The highest BCUT2D eigenvalue weighted by molar-refractivity contribution is 6.01. The minimum absolute atomic E-state index is 0.187. The van der Waals surface area contributed by atoms with Crippen molar-refractivity contribution in [3.63, 3.8) is 0 Å². The molecule has 2 unspecified atom stereocenters. The standard InChI is InChI=1S/C10H20N2O4/c1-4-15-6-7(3)12-9(13)8(11)10(14)16-5-2/h7-8H,4-6,11H2,1-3H3,(H,12,13). The molecule has 0 saturated carbocycles. The van der Waals surface area contributed by atoms with Crippen molar-refractivity contribution in [3.05, 3.63) is 0 Å². The van der Waals surface area contributed by atoms with Gasteiger partial charge in [0.1, 0.15) is 0 Å². The van der Waals surface area contributed by atoms with E-state index in [9.17, 15) is 9.59 Å². The third kappa shape index (κ3) is 5.67. The van der Waals surface area contributed by atoms with Gasteiger partial charge in [-0.05, 0) is 20.8 Å². The smallest absolute Gasteiger partial charge is 0.332 e. The summed E-state index contributed by atoms with van der Waals surface area (Å²) in [6, 6.07) is -1.46. The van der Waals surface area contributed by atoms with E-state index in [0.29, 0.717) is 13.2 Å². The highest BCUT2D eigenvalue weighted by atomic mass is 16.5. The summed E-state index contributed by atoms with van der Waals surface area (Å²) in [5, 5.41) is 2.56. The molecule has 0 bridgehead atoms. The molecule has 0 aliphatic heterocycles. The van der Waals surface area contributed by atoms with Gasteiger partial charge in [-0.15, -0.1) is 0 Å². The van der Waals surface area contributed by atoms with Gasteiger partial charge in [-0.1, -0.05) is 0 Å². The maximum absolute atomic E-state index is 11.4. The Morgan fingerprint density at radius 2 is 1.94 bits per heavy atom. The molecule has 3 N–H and O–H groups in total. The van der Waals surface area contributed by atoms with E-state index in [1.165, 1.54) is 0 Å². The number of rotatable bonds is 7. The maximum Gasteiger partial charge on any atom is 0.332 e. The molecule has 0 aromatic heterocycles. The van der Waals surface area contributed by atoms with Gasteiger partial charge in [0.05, 0.1) is 13.2 Å². The molecule has 0 rings (SSSR count). The van der Waals surface area contributed by atoms with Gasteiger partial charge >= 0.3 is 5.97 Å². The molecule has 94 valence electrons. The van der Waals surface area contributed by atoms with Crippen molar-refractivity contribution in [2.75, 3.05) is 19.8 Å². The Morgan fingerprint density at radius 1 is 1.31 bits per heavy atom. The van der Waals surface area contributed by atoms with Crippen LogP contribution in [0.15, 0.2) is 0 Å². The first kappa shape index (κ1) is 14.9. The number of amides is 1. The molecule has 0 spiro atoms. The summed E-state index contributed by atoms with van der Waals surface area (Å²) in [6.45, 7) is 6.45.